The molecule has 2 aromatic rings. The normalized spacial score (nSPS) is 16.3. The average molecular weight is 394 g/mol. The molecule has 2 N–H and O–H groups in total. The summed E-state index contributed by atoms with van der Waals surface area (Å²) in [6.07, 6.45) is 3.40. The second kappa shape index (κ2) is 8.49. The molecule has 2 amide bonds. The molecule has 8 heteroatoms. The van der Waals surface area contributed by atoms with E-state index in [0.717, 1.165) is 19.4 Å². The number of hydrogen-bond acceptors (Lipinski definition) is 4. The van der Waals surface area contributed by atoms with Gasteiger partial charge in [0.2, 0.25) is 0 Å². The van der Waals surface area contributed by atoms with Crippen LogP contribution in [0.1, 0.15) is 33.7 Å². The van der Waals surface area contributed by atoms with E-state index in [-0.39, 0.29) is 17.7 Å². The van der Waals surface area contributed by atoms with Gasteiger partial charge in [-0.1, -0.05) is 23.2 Å². The largest absolute Gasteiger partial charge is 0.376 e. The number of carbonyl (C=O) groups excluding carboxylic acids is 2. The molecule has 6 nitrogen and oxygen atoms in total. The summed E-state index contributed by atoms with van der Waals surface area (Å²) in [7, 11) is 0. The molecule has 1 unspecified atom stereocenters. The first-order chi connectivity index (χ1) is 12.5. The number of pyridine rings is 1. The molecule has 1 aliphatic heterocycles. The zero-order valence-electron chi connectivity index (χ0n) is 13.8. The smallest absolute Gasteiger partial charge is 0.274 e. The Morgan fingerprint density at radius 3 is 2.81 bits per heavy atom. The van der Waals surface area contributed by atoms with Crippen molar-refractivity contribution in [2.45, 2.75) is 18.9 Å². The lowest BCUT2D eigenvalue weighted by molar-refractivity contribution is 0.0857. The Morgan fingerprint density at radius 1 is 1.19 bits per heavy atom. The van der Waals surface area contributed by atoms with Gasteiger partial charge in [0.25, 0.3) is 11.8 Å². The van der Waals surface area contributed by atoms with Crippen LogP contribution in [0.3, 0.4) is 0 Å². The van der Waals surface area contributed by atoms with Gasteiger partial charge in [-0.3, -0.25) is 14.6 Å². The molecule has 2 heterocycles. The zero-order chi connectivity index (χ0) is 18.5. The second-order valence-corrected chi connectivity index (χ2v) is 6.70. The van der Waals surface area contributed by atoms with Gasteiger partial charge < -0.3 is 15.4 Å². The maximum absolute atomic E-state index is 12.4. The minimum atomic E-state index is -0.483. The number of benzene rings is 1. The molecule has 1 aromatic carbocycles. The van der Waals surface area contributed by atoms with Crippen LogP contribution in [0.5, 0.6) is 0 Å². The number of rotatable bonds is 5. The van der Waals surface area contributed by atoms with Crippen LogP contribution in [0.2, 0.25) is 10.0 Å². The van der Waals surface area contributed by atoms with Gasteiger partial charge >= 0.3 is 0 Å². The highest BCUT2D eigenvalue weighted by molar-refractivity contribution is 6.35. The SMILES string of the molecule is O=C(NCC1CCCO1)c1ccnc(C(=O)Nc2cc(Cl)ccc2Cl)c1. The molecule has 1 atom stereocenters. The van der Waals surface area contributed by atoms with Crippen molar-refractivity contribution in [1.82, 2.24) is 10.3 Å². The molecule has 0 spiro atoms. The van der Waals surface area contributed by atoms with E-state index >= 15 is 0 Å². The van der Waals surface area contributed by atoms with Gasteiger partial charge in [-0.2, -0.15) is 0 Å². The summed E-state index contributed by atoms with van der Waals surface area (Å²) < 4.78 is 5.47. The molecule has 1 aromatic heterocycles. The fraction of sp³-hybridized carbons (Fsp3) is 0.278. The Hall–Kier alpha value is -2.15. The van der Waals surface area contributed by atoms with Crippen LogP contribution >= 0.6 is 23.2 Å². The van der Waals surface area contributed by atoms with Crippen molar-refractivity contribution >= 4 is 40.7 Å². The standard InChI is InChI=1S/C18H17Cl2N3O3/c19-12-3-4-14(20)15(9-12)23-18(25)16-8-11(5-6-21-16)17(24)22-10-13-2-1-7-26-13/h3-6,8-9,13H,1-2,7,10H2,(H,22,24)(H,23,25). The molecule has 1 saturated heterocycles. The first-order valence-corrected chi connectivity index (χ1v) is 8.91. The monoisotopic (exact) mass is 393 g/mol. The molecule has 26 heavy (non-hydrogen) atoms. The van der Waals surface area contributed by atoms with Crippen LogP contribution < -0.4 is 10.6 Å². The highest BCUT2D eigenvalue weighted by Gasteiger charge is 2.18. The summed E-state index contributed by atoms with van der Waals surface area (Å²) in [6, 6.07) is 7.73. The highest BCUT2D eigenvalue weighted by atomic mass is 35.5. The lowest BCUT2D eigenvalue weighted by Crippen LogP contribution is -2.32. The number of hydrogen-bond donors (Lipinski definition) is 2. The summed E-state index contributed by atoms with van der Waals surface area (Å²) >= 11 is 12.0. The lowest BCUT2D eigenvalue weighted by atomic mass is 10.2. The van der Waals surface area contributed by atoms with E-state index < -0.39 is 5.91 Å². The first-order valence-electron chi connectivity index (χ1n) is 8.15. The van der Waals surface area contributed by atoms with Crippen molar-refractivity contribution in [3.63, 3.8) is 0 Å². The Morgan fingerprint density at radius 2 is 2.04 bits per heavy atom. The molecular formula is C18H17Cl2N3O3. The van der Waals surface area contributed by atoms with Gasteiger partial charge in [-0.05, 0) is 43.2 Å². The van der Waals surface area contributed by atoms with E-state index in [1.165, 1.54) is 12.3 Å². The van der Waals surface area contributed by atoms with Crippen LogP contribution in [0.4, 0.5) is 5.69 Å². The van der Waals surface area contributed by atoms with Crippen LogP contribution in [0.15, 0.2) is 36.5 Å². The van der Waals surface area contributed by atoms with Gasteiger partial charge in [0.1, 0.15) is 5.69 Å². The predicted octanol–water partition coefficient (Wildman–Crippen LogP) is 3.55. The summed E-state index contributed by atoms with van der Waals surface area (Å²) in [5.41, 5.74) is 0.824. The number of anilines is 1. The summed E-state index contributed by atoms with van der Waals surface area (Å²) in [5, 5.41) is 6.25. The number of halogens is 2. The number of aromatic nitrogens is 1. The van der Waals surface area contributed by atoms with Crippen LogP contribution in [0, 0.1) is 0 Å². The Bertz CT molecular complexity index is 823. The van der Waals surface area contributed by atoms with Crippen LogP contribution in [-0.2, 0) is 4.74 Å². The van der Waals surface area contributed by atoms with Gasteiger partial charge in [-0.25, -0.2) is 0 Å². The lowest BCUT2D eigenvalue weighted by Gasteiger charge is -2.11. The van der Waals surface area contributed by atoms with Crippen molar-refractivity contribution in [2.24, 2.45) is 0 Å². The molecule has 0 aliphatic carbocycles. The van der Waals surface area contributed by atoms with Crippen molar-refractivity contribution in [1.29, 1.82) is 0 Å². The van der Waals surface area contributed by atoms with E-state index in [0.29, 0.717) is 27.8 Å². The molecule has 0 saturated carbocycles. The highest BCUT2D eigenvalue weighted by Crippen LogP contribution is 2.25. The summed E-state index contributed by atoms with van der Waals surface area (Å²) in [5.74, 6) is -0.763. The molecule has 0 bridgehead atoms. The summed E-state index contributed by atoms with van der Waals surface area (Å²) in [4.78, 5) is 28.7. The average Bonchev–Trinajstić information content (AvgIpc) is 3.16. The van der Waals surface area contributed by atoms with Crippen molar-refractivity contribution in [3.05, 3.63) is 57.8 Å². The maximum Gasteiger partial charge on any atom is 0.274 e. The minimum Gasteiger partial charge on any atom is -0.376 e. The van der Waals surface area contributed by atoms with E-state index in [9.17, 15) is 9.59 Å². The van der Waals surface area contributed by atoms with E-state index in [1.54, 1.807) is 24.3 Å². The topological polar surface area (TPSA) is 80.3 Å². The first kappa shape index (κ1) is 18.6. The third-order valence-corrected chi connectivity index (χ3v) is 4.51. The third kappa shape index (κ3) is 4.72. The Balaban J connectivity index is 1.66. The fourth-order valence-electron chi connectivity index (χ4n) is 2.59. The molecule has 1 aliphatic rings. The van der Waals surface area contributed by atoms with Crippen molar-refractivity contribution in [2.75, 3.05) is 18.5 Å². The molecule has 136 valence electrons. The Labute approximate surface area is 160 Å². The predicted molar refractivity (Wildman–Crippen MR) is 100.0 cm³/mol. The maximum atomic E-state index is 12.4. The van der Waals surface area contributed by atoms with E-state index in [2.05, 4.69) is 15.6 Å². The van der Waals surface area contributed by atoms with Gasteiger partial charge in [0, 0.05) is 29.9 Å². The summed E-state index contributed by atoms with van der Waals surface area (Å²) in [6.45, 7) is 1.17. The minimum absolute atomic E-state index is 0.0496. The number of nitrogens with zero attached hydrogens (tertiary/aromatic N) is 1. The quantitative estimate of drug-likeness (QED) is 0.813. The number of carbonyl (C=O) groups is 2. The molecular weight excluding hydrogens is 377 g/mol. The van der Waals surface area contributed by atoms with E-state index in [1.807, 2.05) is 0 Å². The fourth-order valence-corrected chi connectivity index (χ4v) is 2.93. The van der Waals surface area contributed by atoms with Crippen molar-refractivity contribution < 1.29 is 14.3 Å². The van der Waals surface area contributed by atoms with Crippen molar-refractivity contribution in [3.8, 4) is 0 Å². The van der Waals surface area contributed by atoms with E-state index in [4.69, 9.17) is 27.9 Å². The number of amides is 2. The van der Waals surface area contributed by atoms with Gasteiger partial charge in [0.15, 0.2) is 0 Å². The molecule has 3 rings (SSSR count). The third-order valence-electron chi connectivity index (χ3n) is 3.95. The second-order valence-electron chi connectivity index (χ2n) is 5.85. The zero-order valence-corrected chi connectivity index (χ0v) is 15.3. The van der Waals surface area contributed by atoms with Gasteiger partial charge in [0.05, 0.1) is 16.8 Å². The Kier molecular flexibility index (Phi) is 6.08. The number of ether oxygens (including phenoxy) is 1. The molecule has 0 radical (unpaired) electrons. The van der Waals surface area contributed by atoms with Gasteiger partial charge in [-0.15, -0.1) is 0 Å². The van der Waals surface area contributed by atoms with Crippen LogP contribution in [0.25, 0.3) is 0 Å². The van der Waals surface area contributed by atoms with Crippen LogP contribution in [-0.4, -0.2) is 36.1 Å². The number of nitrogens with one attached hydrogen (secondary N) is 2. The molecule has 1 fully saturated rings.